The Morgan fingerprint density at radius 2 is 1.20 bits per heavy atom. The Kier molecular flexibility index (Phi) is 8.36. The van der Waals surface area contributed by atoms with Crippen LogP contribution in [0.1, 0.15) is 52.7 Å². The van der Waals surface area contributed by atoms with E-state index in [-0.39, 0.29) is 16.6 Å². The Morgan fingerprint density at radius 1 is 0.542 bits per heavy atom. The van der Waals surface area contributed by atoms with Crippen LogP contribution in [0.4, 0.5) is 0 Å². The van der Waals surface area contributed by atoms with Crippen molar-refractivity contribution in [1.82, 2.24) is 14.5 Å². The van der Waals surface area contributed by atoms with E-state index >= 15 is 0 Å². The molecule has 3 aromatic heterocycles. The molecule has 59 heavy (non-hydrogen) atoms. The van der Waals surface area contributed by atoms with Crippen LogP contribution in [0, 0.1) is 0 Å². The van der Waals surface area contributed by atoms with E-state index < -0.39 is 0 Å². The van der Waals surface area contributed by atoms with Gasteiger partial charge in [-0.15, -0.1) is 0 Å². The second-order valence-corrected chi connectivity index (χ2v) is 17.7. The summed E-state index contributed by atoms with van der Waals surface area (Å²) in [4.78, 5) is 10.5. The molecule has 10 aromatic rings. The Bertz CT molecular complexity index is 3250. The average Bonchev–Trinajstić information content (AvgIpc) is 3.80. The SMILES string of the molecule is CC(C)(C)c1cc(-c2nc3c(-c4cccc(-c5cc6oc7cc8ccccc8cc7c6cn5)c4)cccc3n2-c2ccccc2-c2ccccc2)c(O)c(C(C)(C)C)c1. The normalized spacial score (nSPS) is 12.3. The average molecular weight is 768 g/mol. The van der Waals surface area contributed by atoms with Gasteiger partial charge in [-0.25, -0.2) is 4.98 Å². The van der Waals surface area contributed by atoms with Crippen molar-refractivity contribution in [3.8, 4) is 56.3 Å². The summed E-state index contributed by atoms with van der Waals surface area (Å²) in [5.74, 6) is 0.939. The van der Waals surface area contributed by atoms with Gasteiger partial charge in [-0.2, -0.15) is 0 Å². The minimum Gasteiger partial charge on any atom is -0.507 e. The van der Waals surface area contributed by atoms with Crippen LogP contribution in [0.2, 0.25) is 0 Å². The van der Waals surface area contributed by atoms with Gasteiger partial charge >= 0.3 is 0 Å². The summed E-state index contributed by atoms with van der Waals surface area (Å²) < 4.78 is 8.67. The zero-order valence-electron chi connectivity index (χ0n) is 34.2. The molecule has 5 nitrogen and oxygen atoms in total. The fourth-order valence-electron chi connectivity index (χ4n) is 8.46. The molecule has 0 bridgehead atoms. The summed E-state index contributed by atoms with van der Waals surface area (Å²) in [5.41, 5.74) is 12.7. The van der Waals surface area contributed by atoms with Crippen molar-refractivity contribution < 1.29 is 9.52 Å². The largest absolute Gasteiger partial charge is 0.507 e. The third kappa shape index (κ3) is 6.25. The number of phenolic OH excluding ortho intramolecular Hbond substituents is 1. The summed E-state index contributed by atoms with van der Waals surface area (Å²) in [5, 5.41) is 16.7. The second kappa shape index (κ2) is 13.6. The van der Waals surface area contributed by atoms with Crippen LogP contribution in [0.3, 0.4) is 0 Å². The number of phenols is 1. The highest BCUT2D eigenvalue weighted by molar-refractivity contribution is 6.10. The quantitative estimate of drug-likeness (QED) is 0.189. The molecule has 0 aliphatic heterocycles. The number of para-hydroxylation sites is 2. The van der Waals surface area contributed by atoms with Crippen molar-refractivity contribution in [2.75, 3.05) is 0 Å². The monoisotopic (exact) mass is 767 g/mol. The van der Waals surface area contributed by atoms with Gasteiger partial charge in [-0.3, -0.25) is 9.55 Å². The summed E-state index contributed by atoms with van der Waals surface area (Å²) in [6.45, 7) is 13.1. The lowest BCUT2D eigenvalue weighted by molar-refractivity contribution is 0.446. The number of aromatic nitrogens is 3. The molecule has 0 radical (unpaired) electrons. The third-order valence-electron chi connectivity index (χ3n) is 11.6. The molecule has 0 saturated heterocycles. The van der Waals surface area contributed by atoms with E-state index in [1.807, 2.05) is 18.3 Å². The Labute approximate surface area is 344 Å². The van der Waals surface area contributed by atoms with Crippen molar-refractivity contribution in [2.45, 2.75) is 52.4 Å². The van der Waals surface area contributed by atoms with Gasteiger partial charge in [0, 0.05) is 45.3 Å². The number of fused-ring (bicyclic) bond motifs is 5. The van der Waals surface area contributed by atoms with E-state index in [1.54, 1.807) is 0 Å². The van der Waals surface area contributed by atoms with Gasteiger partial charge in [0.05, 0.1) is 28.0 Å². The lowest BCUT2D eigenvalue weighted by Gasteiger charge is -2.27. The molecule has 0 aliphatic rings. The highest BCUT2D eigenvalue weighted by atomic mass is 16.3. The fourth-order valence-corrected chi connectivity index (χ4v) is 8.46. The van der Waals surface area contributed by atoms with Crippen LogP contribution in [-0.4, -0.2) is 19.6 Å². The van der Waals surface area contributed by atoms with Crippen LogP contribution >= 0.6 is 0 Å². The maximum Gasteiger partial charge on any atom is 0.149 e. The predicted molar refractivity (Wildman–Crippen MR) is 244 cm³/mol. The summed E-state index contributed by atoms with van der Waals surface area (Å²) in [7, 11) is 0. The van der Waals surface area contributed by atoms with E-state index in [1.165, 1.54) is 5.39 Å². The molecule has 0 unspecified atom stereocenters. The van der Waals surface area contributed by atoms with E-state index in [0.29, 0.717) is 11.4 Å². The summed E-state index contributed by atoms with van der Waals surface area (Å²) in [6, 6.07) is 52.8. The maximum atomic E-state index is 12.3. The first-order valence-corrected chi connectivity index (χ1v) is 20.3. The molecule has 0 amide bonds. The number of hydrogen-bond donors (Lipinski definition) is 1. The molecule has 0 spiro atoms. The number of rotatable bonds is 5. The van der Waals surface area contributed by atoms with Gasteiger partial charge in [0.15, 0.2) is 0 Å². The lowest BCUT2D eigenvalue weighted by atomic mass is 9.79. The highest BCUT2D eigenvalue weighted by Crippen LogP contribution is 2.45. The minimum atomic E-state index is -0.308. The van der Waals surface area contributed by atoms with Crippen LogP contribution in [-0.2, 0) is 10.8 Å². The van der Waals surface area contributed by atoms with E-state index in [4.69, 9.17) is 14.4 Å². The van der Waals surface area contributed by atoms with Gasteiger partial charge in [0.25, 0.3) is 0 Å². The van der Waals surface area contributed by atoms with Crippen molar-refractivity contribution in [1.29, 1.82) is 0 Å². The van der Waals surface area contributed by atoms with Crippen LogP contribution in [0.15, 0.2) is 162 Å². The van der Waals surface area contributed by atoms with E-state index in [2.05, 4.69) is 186 Å². The third-order valence-corrected chi connectivity index (χ3v) is 11.6. The van der Waals surface area contributed by atoms with Crippen molar-refractivity contribution >= 4 is 43.7 Å². The number of nitrogens with zero attached hydrogens (tertiary/aromatic N) is 3. The first-order chi connectivity index (χ1) is 28.4. The van der Waals surface area contributed by atoms with Crippen molar-refractivity contribution in [3.63, 3.8) is 0 Å². The Balaban J connectivity index is 1.19. The molecular formula is C54H45N3O2. The zero-order chi connectivity index (χ0) is 40.6. The molecule has 7 aromatic carbocycles. The molecule has 288 valence electrons. The molecule has 0 aliphatic carbocycles. The standard InChI is InChI=1S/C54H45N3O2/c1-53(2,3)38-29-42(51(58)44(30-38)54(4,5)6)52-56-50-40(23-15-25-47(50)57(52)46-24-13-12-22-39(46)33-16-8-7-9-17-33)36-20-14-21-37(26-36)45-31-49-43(32-55-45)41-27-34-18-10-11-19-35(34)28-48(41)59-49/h7-32,58H,1-6H3. The van der Waals surface area contributed by atoms with Crippen molar-refractivity contribution in [2.24, 2.45) is 0 Å². The van der Waals surface area contributed by atoms with Crippen molar-refractivity contribution in [3.05, 3.63) is 169 Å². The topological polar surface area (TPSA) is 64.1 Å². The predicted octanol–water partition coefficient (Wildman–Crippen LogP) is 14.4. The lowest BCUT2D eigenvalue weighted by Crippen LogP contribution is -2.17. The molecule has 3 heterocycles. The number of aromatic hydroxyl groups is 1. The molecule has 0 fully saturated rings. The maximum absolute atomic E-state index is 12.3. The Hall–Kier alpha value is -6.98. The second-order valence-electron chi connectivity index (χ2n) is 17.7. The van der Waals surface area contributed by atoms with Gasteiger partial charge in [0.2, 0.25) is 0 Å². The summed E-state index contributed by atoms with van der Waals surface area (Å²) >= 11 is 0. The molecule has 10 rings (SSSR count). The van der Waals surface area contributed by atoms with Gasteiger partial charge in [-0.05, 0) is 74.7 Å². The number of pyridine rings is 1. The molecule has 0 saturated carbocycles. The molecule has 0 atom stereocenters. The van der Waals surface area contributed by atoms with E-state index in [9.17, 15) is 5.11 Å². The molecular weight excluding hydrogens is 723 g/mol. The summed E-state index contributed by atoms with van der Waals surface area (Å²) in [6.07, 6.45) is 1.93. The number of imidazole rings is 1. The number of benzene rings is 7. The van der Waals surface area contributed by atoms with Crippen LogP contribution in [0.25, 0.3) is 94.3 Å². The molecule has 5 heteroatoms. The van der Waals surface area contributed by atoms with Gasteiger partial charge < -0.3 is 9.52 Å². The van der Waals surface area contributed by atoms with Gasteiger partial charge in [-0.1, -0.05) is 151 Å². The first kappa shape index (κ1) is 36.4. The first-order valence-electron chi connectivity index (χ1n) is 20.3. The Morgan fingerprint density at radius 3 is 1.98 bits per heavy atom. The van der Waals surface area contributed by atoms with Gasteiger partial charge in [0.1, 0.15) is 22.7 Å². The molecule has 1 N–H and O–H groups in total. The zero-order valence-corrected chi connectivity index (χ0v) is 34.2. The highest BCUT2D eigenvalue weighted by Gasteiger charge is 2.29. The minimum absolute atomic E-state index is 0.166. The van der Waals surface area contributed by atoms with E-state index in [0.717, 1.165) is 88.7 Å². The smallest absolute Gasteiger partial charge is 0.149 e. The fraction of sp³-hybridized carbons (Fsp3) is 0.148. The van der Waals surface area contributed by atoms with Crippen LogP contribution < -0.4 is 0 Å². The van der Waals surface area contributed by atoms with Crippen LogP contribution in [0.5, 0.6) is 5.75 Å². The number of furan rings is 1. The number of hydrogen-bond acceptors (Lipinski definition) is 4.